The van der Waals surface area contributed by atoms with Crippen LogP contribution in [0.5, 0.6) is 5.75 Å². The van der Waals surface area contributed by atoms with Crippen LogP contribution in [0.4, 0.5) is 10.8 Å². The first kappa shape index (κ1) is 18.4. The van der Waals surface area contributed by atoms with E-state index in [1.54, 1.807) is 4.90 Å². The summed E-state index contributed by atoms with van der Waals surface area (Å²) in [6.07, 6.45) is 0.207. The molecule has 1 atom stereocenters. The summed E-state index contributed by atoms with van der Waals surface area (Å²) >= 11 is 1.40. The van der Waals surface area contributed by atoms with Crippen molar-refractivity contribution in [3.8, 4) is 5.75 Å². The molecule has 0 aliphatic carbocycles. The highest BCUT2D eigenvalue weighted by molar-refractivity contribution is 7.22. The highest BCUT2D eigenvalue weighted by Crippen LogP contribution is 2.31. The van der Waals surface area contributed by atoms with E-state index in [0.717, 1.165) is 27.2 Å². The second-order valence-corrected chi connectivity index (χ2v) is 7.84. The Morgan fingerprint density at radius 1 is 1.29 bits per heavy atom. The van der Waals surface area contributed by atoms with Gasteiger partial charge in [0.1, 0.15) is 5.75 Å². The van der Waals surface area contributed by atoms with Crippen molar-refractivity contribution in [3.05, 3.63) is 48.0 Å². The predicted octanol–water partition coefficient (Wildman–Crippen LogP) is 4.00. The van der Waals surface area contributed by atoms with Crippen LogP contribution in [0, 0.1) is 12.8 Å². The average Bonchev–Trinajstić information content (AvgIpc) is 3.25. The van der Waals surface area contributed by atoms with Gasteiger partial charge in [-0.2, -0.15) is 0 Å². The van der Waals surface area contributed by atoms with Crippen molar-refractivity contribution in [2.75, 3.05) is 23.4 Å². The Bertz CT molecular complexity index is 1030. The largest absolute Gasteiger partial charge is 0.494 e. The molecule has 4 rings (SSSR count). The molecule has 3 aromatic rings. The van der Waals surface area contributed by atoms with Crippen LogP contribution in [-0.4, -0.2) is 29.9 Å². The topological polar surface area (TPSA) is 71.5 Å². The first-order chi connectivity index (χ1) is 13.5. The van der Waals surface area contributed by atoms with E-state index in [9.17, 15) is 9.59 Å². The predicted molar refractivity (Wildman–Crippen MR) is 111 cm³/mol. The maximum atomic E-state index is 12.7. The molecule has 0 spiro atoms. The fourth-order valence-electron chi connectivity index (χ4n) is 3.28. The van der Waals surface area contributed by atoms with E-state index in [1.807, 2.05) is 56.3 Å². The van der Waals surface area contributed by atoms with E-state index in [-0.39, 0.29) is 24.2 Å². The van der Waals surface area contributed by atoms with Crippen molar-refractivity contribution in [2.45, 2.75) is 20.3 Å². The van der Waals surface area contributed by atoms with Crippen LogP contribution < -0.4 is 15.0 Å². The number of ether oxygens (including phenoxy) is 1. The van der Waals surface area contributed by atoms with Crippen molar-refractivity contribution >= 4 is 44.2 Å². The lowest BCUT2D eigenvalue weighted by molar-refractivity contribution is -0.122. The zero-order chi connectivity index (χ0) is 19.7. The SMILES string of the molecule is CCOc1ccc2nc(NC(=O)C3CC(=O)N(c4ccc(C)cc4)C3)sc2c1. The molecule has 2 heterocycles. The molecule has 1 aliphatic rings. The van der Waals surface area contributed by atoms with E-state index < -0.39 is 0 Å². The van der Waals surface area contributed by atoms with Crippen LogP contribution in [-0.2, 0) is 9.59 Å². The molecule has 2 amide bonds. The lowest BCUT2D eigenvalue weighted by Crippen LogP contribution is -2.28. The third kappa shape index (κ3) is 3.71. The number of aryl methyl sites for hydroxylation is 1. The Balaban J connectivity index is 1.45. The number of carbonyl (C=O) groups is 2. The summed E-state index contributed by atoms with van der Waals surface area (Å²) in [5, 5.41) is 3.41. The van der Waals surface area contributed by atoms with Crippen LogP contribution in [0.15, 0.2) is 42.5 Å². The van der Waals surface area contributed by atoms with Gasteiger partial charge >= 0.3 is 0 Å². The second kappa shape index (κ2) is 7.59. The number of carbonyl (C=O) groups excluding carboxylic acids is 2. The number of hydrogen-bond acceptors (Lipinski definition) is 5. The number of amides is 2. The molecule has 1 N–H and O–H groups in total. The molecule has 1 fully saturated rings. The summed E-state index contributed by atoms with van der Waals surface area (Å²) in [4.78, 5) is 31.2. The number of thiazole rings is 1. The quantitative estimate of drug-likeness (QED) is 0.709. The standard InChI is InChI=1S/C21H21N3O3S/c1-3-27-16-8-9-17-18(11-16)28-21(22-17)23-20(26)14-10-19(25)24(12-14)15-6-4-13(2)5-7-15/h4-9,11,14H,3,10,12H2,1-2H3,(H,22,23,26). The van der Waals surface area contributed by atoms with Crippen LogP contribution in [0.2, 0.25) is 0 Å². The minimum absolute atomic E-state index is 0.0327. The Kier molecular flexibility index (Phi) is 5.00. The van der Waals surface area contributed by atoms with Crippen LogP contribution in [0.25, 0.3) is 10.2 Å². The number of rotatable bonds is 5. The van der Waals surface area contributed by atoms with Gasteiger partial charge in [-0.3, -0.25) is 9.59 Å². The zero-order valence-corrected chi connectivity index (χ0v) is 16.6. The summed E-state index contributed by atoms with van der Waals surface area (Å²) in [6, 6.07) is 13.4. The lowest BCUT2D eigenvalue weighted by atomic mass is 10.1. The molecule has 0 saturated carbocycles. The first-order valence-corrected chi connectivity index (χ1v) is 10.1. The molecule has 28 heavy (non-hydrogen) atoms. The van der Waals surface area contributed by atoms with Crippen LogP contribution in [0.1, 0.15) is 18.9 Å². The summed E-state index contributed by atoms with van der Waals surface area (Å²) in [7, 11) is 0. The highest BCUT2D eigenvalue weighted by Gasteiger charge is 2.35. The zero-order valence-electron chi connectivity index (χ0n) is 15.8. The number of nitrogens with zero attached hydrogens (tertiary/aromatic N) is 2. The Labute approximate surface area is 167 Å². The summed E-state index contributed by atoms with van der Waals surface area (Å²) in [5.74, 6) is 0.188. The van der Waals surface area contributed by atoms with Crippen molar-refractivity contribution in [2.24, 2.45) is 5.92 Å². The number of benzene rings is 2. The number of aromatic nitrogens is 1. The molecule has 1 saturated heterocycles. The maximum absolute atomic E-state index is 12.7. The molecular formula is C21H21N3O3S. The van der Waals surface area contributed by atoms with Gasteiger partial charge in [0, 0.05) is 18.7 Å². The van der Waals surface area contributed by atoms with Gasteiger partial charge in [0.25, 0.3) is 0 Å². The minimum Gasteiger partial charge on any atom is -0.494 e. The van der Waals surface area contributed by atoms with Crippen molar-refractivity contribution in [1.82, 2.24) is 4.98 Å². The normalized spacial score (nSPS) is 16.6. The monoisotopic (exact) mass is 395 g/mol. The molecule has 1 aliphatic heterocycles. The van der Waals surface area contributed by atoms with Crippen molar-refractivity contribution < 1.29 is 14.3 Å². The Hall–Kier alpha value is -2.93. The smallest absolute Gasteiger partial charge is 0.231 e. The summed E-state index contributed by atoms with van der Waals surface area (Å²) < 4.78 is 6.46. The van der Waals surface area contributed by atoms with Gasteiger partial charge in [0.15, 0.2) is 5.13 Å². The number of hydrogen-bond donors (Lipinski definition) is 1. The van der Waals surface area contributed by atoms with Gasteiger partial charge < -0.3 is 15.0 Å². The molecule has 1 unspecified atom stereocenters. The average molecular weight is 395 g/mol. The Morgan fingerprint density at radius 2 is 2.07 bits per heavy atom. The van der Waals surface area contributed by atoms with Gasteiger partial charge in [0.05, 0.1) is 22.7 Å². The van der Waals surface area contributed by atoms with E-state index in [1.165, 1.54) is 11.3 Å². The van der Waals surface area contributed by atoms with E-state index >= 15 is 0 Å². The summed E-state index contributed by atoms with van der Waals surface area (Å²) in [5.41, 5.74) is 2.77. The number of nitrogens with one attached hydrogen (secondary N) is 1. The van der Waals surface area contributed by atoms with Crippen LogP contribution in [0.3, 0.4) is 0 Å². The fourth-order valence-corrected chi connectivity index (χ4v) is 4.18. The molecule has 7 heteroatoms. The third-order valence-corrected chi connectivity index (χ3v) is 5.68. The number of anilines is 2. The first-order valence-electron chi connectivity index (χ1n) is 9.25. The molecule has 6 nitrogen and oxygen atoms in total. The Morgan fingerprint density at radius 3 is 2.82 bits per heavy atom. The van der Waals surface area contributed by atoms with E-state index in [0.29, 0.717) is 18.3 Å². The molecule has 0 bridgehead atoms. The molecular weight excluding hydrogens is 374 g/mol. The lowest BCUT2D eigenvalue weighted by Gasteiger charge is -2.16. The van der Waals surface area contributed by atoms with Gasteiger partial charge in [-0.1, -0.05) is 29.0 Å². The minimum atomic E-state index is -0.389. The van der Waals surface area contributed by atoms with Crippen LogP contribution >= 0.6 is 11.3 Å². The molecule has 144 valence electrons. The molecule has 2 aromatic carbocycles. The molecule has 1 aromatic heterocycles. The van der Waals surface area contributed by atoms with Crippen molar-refractivity contribution in [3.63, 3.8) is 0 Å². The molecule has 0 radical (unpaired) electrons. The maximum Gasteiger partial charge on any atom is 0.231 e. The highest BCUT2D eigenvalue weighted by atomic mass is 32.1. The fraction of sp³-hybridized carbons (Fsp3) is 0.286. The van der Waals surface area contributed by atoms with Crippen molar-refractivity contribution in [1.29, 1.82) is 0 Å². The summed E-state index contributed by atoms with van der Waals surface area (Å²) in [6.45, 7) is 4.92. The van der Waals surface area contributed by atoms with E-state index in [4.69, 9.17) is 4.74 Å². The van der Waals surface area contributed by atoms with Gasteiger partial charge in [0.2, 0.25) is 11.8 Å². The van der Waals surface area contributed by atoms with E-state index in [2.05, 4.69) is 10.3 Å². The van der Waals surface area contributed by atoms with Gasteiger partial charge in [-0.25, -0.2) is 4.98 Å². The number of fused-ring (bicyclic) bond motifs is 1. The van der Waals surface area contributed by atoms with Gasteiger partial charge in [-0.05, 0) is 44.2 Å². The third-order valence-electron chi connectivity index (χ3n) is 4.74. The van der Waals surface area contributed by atoms with Gasteiger partial charge in [-0.15, -0.1) is 0 Å². The second-order valence-electron chi connectivity index (χ2n) is 6.81.